The van der Waals surface area contributed by atoms with Crippen LogP contribution in [-0.2, 0) is 20.9 Å². The predicted molar refractivity (Wildman–Crippen MR) is 88.2 cm³/mol. The van der Waals surface area contributed by atoms with E-state index in [-0.39, 0.29) is 12.5 Å². The highest BCUT2D eigenvalue weighted by atomic mass is 16.5. The molecule has 2 amide bonds. The number of carboxylic acid groups (broad SMARTS) is 1. The highest BCUT2D eigenvalue weighted by molar-refractivity contribution is 5.89. The number of carboxylic acids is 1. The van der Waals surface area contributed by atoms with Gasteiger partial charge in [0.2, 0.25) is 5.91 Å². The minimum atomic E-state index is -1.14. The number of hydrogen-bond donors (Lipinski definition) is 3. The van der Waals surface area contributed by atoms with Crippen molar-refractivity contribution in [3.8, 4) is 0 Å². The lowest BCUT2D eigenvalue weighted by Gasteiger charge is -2.24. The molecule has 3 N–H and O–H groups in total. The predicted octanol–water partition coefficient (Wildman–Crippen LogP) is 1.92. The maximum Gasteiger partial charge on any atom is 0.408 e. The van der Waals surface area contributed by atoms with Gasteiger partial charge in [0, 0.05) is 0 Å². The van der Waals surface area contributed by atoms with E-state index in [1.165, 1.54) is 6.92 Å². The molecule has 0 fully saturated rings. The number of nitrogens with one attached hydrogen (secondary N) is 2. The van der Waals surface area contributed by atoms with Crippen molar-refractivity contribution in [2.45, 2.75) is 45.9 Å². The van der Waals surface area contributed by atoms with Crippen LogP contribution in [0.1, 0.15) is 32.8 Å². The van der Waals surface area contributed by atoms with Crippen molar-refractivity contribution >= 4 is 18.0 Å². The molecule has 0 aromatic heterocycles. The first-order valence-electron chi connectivity index (χ1n) is 7.85. The van der Waals surface area contributed by atoms with Gasteiger partial charge in [-0.2, -0.15) is 0 Å². The fourth-order valence-corrected chi connectivity index (χ4v) is 1.96. The number of benzene rings is 1. The third kappa shape index (κ3) is 6.28. The first-order valence-corrected chi connectivity index (χ1v) is 7.85. The lowest BCUT2D eigenvalue weighted by atomic mass is 9.98. The highest BCUT2D eigenvalue weighted by Crippen LogP contribution is 2.09. The van der Waals surface area contributed by atoms with E-state index in [4.69, 9.17) is 9.84 Å². The van der Waals surface area contributed by atoms with E-state index < -0.39 is 30.1 Å². The Bertz CT molecular complexity index is 561. The molecule has 1 aromatic carbocycles. The molecule has 0 unspecified atom stereocenters. The number of alkyl carbamates (subject to hydrolysis) is 1. The Balaban J connectivity index is 2.63. The van der Waals surface area contributed by atoms with Crippen molar-refractivity contribution in [3.05, 3.63) is 35.9 Å². The molecule has 0 radical (unpaired) electrons. The Morgan fingerprint density at radius 3 is 2.29 bits per heavy atom. The van der Waals surface area contributed by atoms with Gasteiger partial charge in [0.25, 0.3) is 0 Å². The van der Waals surface area contributed by atoms with Crippen molar-refractivity contribution < 1.29 is 24.2 Å². The SMILES string of the molecule is CC[C@@H](C)[C@H](NC(=O)OCc1ccccc1)C(=O)N[C@@H](C)C(=O)O. The van der Waals surface area contributed by atoms with Crippen molar-refractivity contribution in [3.63, 3.8) is 0 Å². The molecule has 132 valence electrons. The van der Waals surface area contributed by atoms with E-state index in [0.29, 0.717) is 6.42 Å². The summed E-state index contributed by atoms with van der Waals surface area (Å²) in [6, 6.07) is 7.27. The second-order valence-corrected chi connectivity index (χ2v) is 5.64. The quantitative estimate of drug-likeness (QED) is 0.673. The minimum Gasteiger partial charge on any atom is -0.480 e. The van der Waals surface area contributed by atoms with Crippen molar-refractivity contribution in [2.24, 2.45) is 5.92 Å². The van der Waals surface area contributed by atoms with Gasteiger partial charge >= 0.3 is 12.1 Å². The van der Waals surface area contributed by atoms with Gasteiger partial charge in [-0.05, 0) is 18.4 Å². The lowest BCUT2D eigenvalue weighted by molar-refractivity contribution is -0.141. The average Bonchev–Trinajstić information content (AvgIpc) is 2.57. The summed E-state index contributed by atoms with van der Waals surface area (Å²) in [7, 11) is 0. The third-order valence-corrected chi connectivity index (χ3v) is 3.71. The molecule has 0 spiro atoms. The standard InChI is InChI=1S/C17H24N2O5/c1-4-11(2)14(15(20)18-12(3)16(21)22)19-17(23)24-10-13-8-6-5-7-9-13/h5-9,11-12,14H,4,10H2,1-3H3,(H,18,20)(H,19,23)(H,21,22)/t11-,12+,14+/m1/s1. The van der Waals surface area contributed by atoms with Crippen LogP contribution in [0.25, 0.3) is 0 Å². The Morgan fingerprint density at radius 1 is 1.12 bits per heavy atom. The largest absolute Gasteiger partial charge is 0.480 e. The molecule has 0 saturated carbocycles. The van der Waals surface area contributed by atoms with Crippen LogP contribution in [0, 0.1) is 5.92 Å². The van der Waals surface area contributed by atoms with Crippen molar-refractivity contribution in [2.75, 3.05) is 0 Å². The van der Waals surface area contributed by atoms with E-state index in [0.717, 1.165) is 5.56 Å². The Labute approximate surface area is 141 Å². The van der Waals surface area contributed by atoms with Gasteiger partial charge in [-0.3, -0.25) is 9.59 Å². The topological polar surface area (TPSA) is 105 Å². The van der Waals surface area contributed by atoms with Crippen LogP contribution in [0.5, 0.6) is 0 Å². The summed E-state index contributed by atoms with van der Waals surface area (Å²) in [4.78, 5) is 35.0. The number of ether oxygens (including phenoxy) is 1. The molecular formula is C17H24N2O5. The maximum absolute atomic E-state index is 12.2. The maximum atomic E-state index is 12.2. The summed E-state index contributed by atoms with van der Waals surface area (Å²) in [5.74, 6) is -1.86. The van der Waals surface area contributed by atoms with Crippen LogP contribution < -0.4 is 10.6 Å². The monoisotopic (exact) mass is 336 g/mol. The molecule has 7 nitrogen and oxygen atoms in total. The first-order chi connectivity index (χ1) is 11.3. The number of carbonyl (C=O) groups excluding carboxylic acids is 2. The molecule has 3 atom stereocenters. The van der Waals surface area contributed by atoms with Crippen LogP contribution in [0.2, 0.25) is 0 Å². The van der Waals surface area contributed by atoms with Gasteiger partial charge in [-0.25, -0.2) is 4.79 Å². The van der Waals surface area contributed by atoms with Gasteiger partial charge in [-0.15, -0.1) is 0 Å². The third-order valence-electron chi connectivity index (χ3n) is 3.71. The van der Waals surface area contributed by atoms with Gasteiger partial charge in [-0.1, -0.05) is 50.6 Å². The summed E-state index contributed by atoms with van der Waals surface area (Å²) in [5, 5.41) is 13.8. The van der Waals surface area contributed by atoms with Gasteiger partial charge in [0.1, 0.15) is 18.7 Å². The van der Waals surface area contributed by atoms with Gasteiger partial charge in [0.15, 0.2) is 0 Å². The number of rotatable bonds is 8. The van der Waals surface area contributed by atoms with Crippen LogP contribution in [0.15, 0.2) is 30.3 Å². The minimum absolute atomic E-state index is 0.0903. The average molecular weight is 336 g/mol. The first kappa shape index (κ1) is 19.5. The molecule has 1 aromatic rings. The fraction of sp³-hybridized carbons (Fsp3) is 0.471. The molecule has 24 heavy (non-hydrogen) atoms. The molecule has 7 heteroatoms. The normalized spacial score (nSPS) is 14.1. The second kappa shape index (κ2) is 9.54. The number of aliphatic carboxylic acids is 1. The van der Waals surface area contributed by atoms with Crippen molar-refractivity contribution in [1.82, 2.24) is 10.6 Å². The van der Waals surface area contributed by atoms with Crippen molar-refractivity contribution in [1.29, 1.82) is 0 Å². The van der Waals surface area contributed by atoms with E-state index in [1.54, 1.807) is 6.92 Å². The van der Waals surface area contributed by atoms with E-state index in [1.807, 2.05) is 37.3 Å². The zero-order valence-electron chi connectivity index (χ0n) is 14.1. The molecule has 0 aliphatic heterocycles. The molecular weight excluding hydrogens is 312 g/mol. The van der Waals surface area contributed by atoms with Crippen LogP contribution >= 0.6 is 0 Å². The Morgan fingerprint density at radius 2 is 1.75 bits per heavy atom. The smallest absolute Gasteiger partial charge is 0.408 e. The summed E-state index contributed by atoms with van der Waals surface area (Å²) >= 11 is 0. The van der Waals surface area contributed by atoms with Crippen LogP contribution in [0.3, 0.4) is 0 Å². The van der Waals surface area contributed by atoms with E-state index in [9.17, 15) is 14.4 Å². The van der Waals surface area contributed by atoms with E-state index >= 15 is 0 Å². The van der Waals surface area contributed by atoms with Crippen LogP contribution in [-0.4, -0.2) is 35.2 Å². The zero-order valence-corrected chi connectivity index (χ0v) is 14.1. The highest BCUT2D eigenvalue weighted by Gasteiger charge is 2.28. The summed E-state index contributed by atoms with van der Waals surface area (Å²) < 4.78 is 5.11. The molecule has 0 aliphatic rings. The summed E-state index contributed by atoms with van der Waals surface area (Å²) in [6.07, 6.45) is -0.0827. The van der Waals surface area contributed by atoms with Gasteiger partial charge in [0.05, 0.1) is 0 Å². The number of carbonyl (C=O) groups is 3. The fourth-order valence-electron chi connectivity index (χ4n) is 1.96. The molecule has 0 bridgehead atoms. The van der Waals surface area contributed by atoms with Gasteiger partial charge < -0.3 is 20.5 Å². The molecule has 0 heterocycles. The molecule has 1 rings (SSSR count). The number of hydrogen-bond acceptors (Lipinski definition) is 4. The zero-order chi connectivity index (χ0) is 18.1. The summed E-state index contributed by atoms with van der Waals surface area (Å²) in [6.45, 7) is 5.13. The van der Waals surface area contributed by atoms with E-state index in [2.05, 4.69) is 10.6 Å². The second-order valence-electron chi connectivity index (χ2n) is 5.64. The summed E-state index contributed by atoms with van der Waals surface area (Å²) in [5.41, 5.74) is 0.830. The molecule has 0 saturated heterocycles. The Kier molecular flexibility index (Phi) is 7.74. The Hall–Kier alpha value is -2.57. The lowest BCUT2D eigenvalue weighted by Crippen LogP contribution is -2.53. The number of amides is 2. The van der Waals surface area contributed by atoms with Crippen LogP contribution in [0.4, 0.5) is 4.79 Å². The molecule has 0 aliphatic carbocycles.